The Hall–Kier alpha value is -2.04. The topological polar surface area (TPSA) is 50.7 Å². The quantitative estimate of drug-likeness (QED) is 0.745. The van der Waals surface area contributed by atoms with Gasteiger partial charge in [0.25, 0.3) is 0 Å². The van der Waals surface area contributed by atoms with E-state index in [1.54, 1.807) is 0 Å². The van der Waals surface area contributed by atoms with E-state index in [1.807, 2.05) is 62.4 Å². The van der Waals surface area contributed by atoms with E-state index in [0.29, 0.717) is 13.2 Å². The lowest BCUT2D eigenvalue weighted by Crippen LogP contribution is -2.51. The van der Waals surface area contributed by atoms with Gasteiger partial charge in [-0.15, -0.1) is 0 Å². The Kier molecular flexibility index (Phi) is 6.53. The molecule has 0 unspecified atom stereocenters. The number of para-hydroxylation sites is 1. The first-order valence-electron chi connectivity index (χ1n) is 9.46. The molecule has 2 N–H and O–H groups in total. The molecular weight excluding hydrogens is 326 g/mol. The third-order valence-electron chi connectivity index (χ3n) is 4.93. The third kappa shape index (κ3) is 4.99. The van der Waals surface area contributed by atoms with Gasteiger partial charge in [0.05, 0.1) is 0 Å². The fourth-order valence-corrected chi connectivity index (χ4v) is 3.48. The van der Waals surface area contributed by atoms with E-state index in [4.69, 9.17) is 9.47 Å². The van der Waals surface area contributed by atoms with Gasteiger partial charge in [0.15, 0.2) is 0 Å². The SMILES string of the molecule is Cc1cccc(O[C@@H]2CCC[C@H](NCCOc3ccccc3C)[C@H]2O)c1. The molecule has 0 amide bonds. The van der Waals surface area contributed by atoms with Crippen molar-refractivity contribution in [1.29, 1.82) is 0 Å². The van der Waals surface area contributed by atoms with Crippen LogP contribution in [-0.2, 0) is 0 Å². The fraction of sp³-hybridized carbons (Fsp3) is 0.455. The first-order valence-corrected chi connectivity index (χ1v) is 9.46. The molecule has 140 valence electrons. The van der Waals surface area contributed by atoms with Gasteiger partial charge >= 0.3 is 0 Å². The zero-order valence-corrected chi connectivity index (χ0v) is 15.7. The van der Waals surface area contributed by atoms with Gasteiger partial charge in [0.2, 0.25) is 0 Å². The van der Waals surface area contributed by atoms with Crippen LogP contribution >= 0.6 is 0 Å². The number of aliphatic hydroxyl groups is 1. The Morgan fingerprint density at radius 1 is 1.08 bits per heavy atom. The van der Waals surface area contributed by atoms with Crippen LogP contribution in [0.3, 0.4) is 0 Å². The normalized spacial score (nSPS) is 22.8. The summed E-state index contributed by atoms with van der Waals surface area (Å²) in [5.74, 6) is 1.75. The van der Waals surface area contributed by atoms with E-state index in [-0.39, 0.29) is 12.1 Å². The zero-order chi connectivity index (χ0) is 18.4. The average Bonchev–Trinajstić information content (AvgIpc) is 2.63. The van der Waals surface area contributed by atoms with Crippen LogP contribution in [0.1, 0.15) is 30.4 Å². The van der Waals surface area contributed by atoms with Gasteiger partial charge < -0.3 is 19.9 Å². The number of hydrogen-bond donors (Lipinski definition) is 2. The van der Waals surface area contributed by atoms with Gasteiger partial charge in [-0.3, -0.25) is 0 Å². The molecule has 4 nitrogen and oxygen atoms in total. The average molecular weight is 355 g/mol. The molecule has 0 aromatic heterocycles. The van der Waals surface area contributed by atoms with Crippen molar-refractivity contribution < 1.29 is 14.6 Å². The van der Waals surface area contributed by atoms with Gasteiger partial charge in [0, 0.05) is 12.6 Å². The molecule has 0 aliphatic heterocycles. The molecule has 26 heavy (non-hydrogen) atoms. The van der Waals surface area contributed by atoms with Crippen molar-refractivity contribution in [1.82, 2.24) is 5.32 Å². The van der Waals surface area contributed by atoms with E-state index < -0.39 is 6.10 Å². The predicted octanol–water partition coefficient (Wildman–Crippen LogP) is 3.63. The van der Waals surface area contributed by atoms with E-state index in [9.17, 15) is 5.11 Å². The number of aliphatic hydroxyl groups excluding tert-OH is 1. The van der Waals surface area contributed by atoms with Crippen LogP contribution in [0, 0.1) is 13.8 Å². The van der Waals surface area contributed by atoms with E-state index in [2.05, 4.69) is 5.32 Å². The molecule has 1 aliphatic rings. The Bertz CT molecular complexity index is 703. The highest BCUT2D eigenvalue weighted by molar-refractivity contribution is 5.31. The Morgan fingerprint density at radius 2 is 1.92 bits per heavy atom. The highest BCUT2D eigenvalue weighted by Crippen LogP contribution is 2.25. The number of nitrogens with one attached hydrogen (secondary N) is 1. The lowest BCUT2D eigenvalue weighted by Gasteiger charge is -2.35. The molecule has 3 rings (SSSR count). The minimum atomic E-state index is -0.511. The number of rotatable bonds is 7. The minimum Gasteiger partial charge on any atom is -0.492 e. The standard InChI is InChI=1S/C22H29NO3/c1-16-7-5-9-18(15-16)26-21-12-6-10-19(22(21)24)23-13-14-25-20-11-4-3-8-17(20)2/h3-5,7-9,11,15,19,21-24H,6,10,12-14H2,1-2H3/t19-,21+,22+/m0/s1. The number of aryl methyl sites for hydroxylation is 2. The van der Waals surface area contributed by atoms with E-state index >= 15 is 0 Å². The summed E-state index contributed by atoms with van der Waals surface area (Å²) >= 11 is 0. The molecule has 2 aromatic carbocycles. The van der Waals surface area contributed by atoms with Crippen LogP contribution in [0.5, 0.6) is 11.5 Å². The third-order valence-corrected chi connectivity index (χ3v) is 4.93. The summed E-state index contributed by atoms with van der Waals surface area (Å²) in [7, 11) is 0. The minimum absolute atomic E-state index is 0.0408. The second-order valence-corrected chi connectivity index (χ2v) is 7.07. The fourth-order valence-electron chi connectivity index (χ4n) is 3.48. The maximum absolute atomic E-state index is 10.7. The summed E-state index contributed by atoms with van der Waals surface area (Å²) < 4.78 is 11.9. The van der Waals surface area contributed by atoms with Gasteiger partial charge in [0.1, 0.15) is 30.3 Å². The van der Waals surface area contributed by atoms with Crippen molar-refractivity contribution in [3.05, 3.63) is 59.7 Å². The lowest BCUT2D eigenvalue weighted by atomic mass is 9.90. The lowest BCUT2D eigenvalue weighted by molar-refractivity contribution is -0.0158. The molecule has 4 heteroatoms. The summed E-state index contributed by atoms with van der Waals surface area (Å²) in [6.45, 7) is 5.37. The van der Waals surface area contributed by atoms with Gasteiger partial charge in [-0.05, 0) is 62.4 Å². The summed E-state index contributed by atoms with van der Waals surface area (Å²) in [4.78, 5) is 0. The summed E-state index contributed by atoms with van der Waals surface area (Å²) in [6, 6.07) is 16.0. The molecular formula is C22H29NO3. The molecule has 1 fully saturated rings. The van der Waals surface area contributed by atoms with Crippen LogP contribution in [0.2, 0.25) is 0 Å². The molecule has 0 saturated heterocycles. The Morgan fingerprint density at radius 3 is 2.73 bits per heavy atom. The number of hydrogen-bond acceptors (Lipinski definition) is 4. The smallest absolute Gasteiger partial charge is 0.126 e. The highest BCUT2D eigenvalue weighted by atomic mass is 16.5. The van der Waals surface area contributed by atoms with Crippen LogP contribution in [0.4, 0.5) is 0 Å². The second kappa shape index (κ2) is 9.06. The van der Waals surface area contributed by atoms with Crippen LogP contribution in [-0.4, -0.2) is 36.5 Å². The largest absolute Gasteiger partial charge is 0.492 e. The Balaban J connectivity index is 1.47. The predicted molar refractivity (Wildman–Crippen MR) is 104 cm³/mol. The van der Waals surface area contributed by atoms with Crippen molar-refractivity contribution in [2.75, 3.05) is 13.2 Å². The van der Waals surface area contributed by atoms with E-state index in [0.717, 1.165) is 41.9 Å². The van der Waals surface area contributed by atoms with Crippen LogP contribution in [0.15, 0.2) is 48.5 Å². The second-order valence-electron chi connectivity index (χ2n) is 7.07. The molecule has 0 radical (unpaired) electrons. The van der Waals surface area contributed by atoms with Crippen molar-refractivity contribution in [2.24, 2.45) is 0 Å². The monoisotopic (exact) mass is 355 g/mol. The van der Waals surface area contributed by atoms with Crippen molar-refractivity contribution in [3.63, 3.8) is 0 Å². The highest BCUT2D eigenvalue weighted by Gasteiger charge is 2.33. The number of ether oxygens (including phenoxy) is 2. The molecule has 3 atom stereocenters. The molecule has 2 aromatic rings. The zero-order valence-electron chi connectivity index (χ0n) is 15.7. The van der Waals surface area contributed by atoms with Gasteiger partial charge in [-0.1, -0.05) is 30.3 Å². The molecule has 0 bridgehead atoms. The van der Waals surface area contributed by atoms with Gasteiger partial charge in [-0.2, -0.15) is 0 Å². The van der Waals surface area contributed by atoms with E-state index in [1.165, 1.54) is 0 Å². The molecule has 1 aliphatic carbocycles. The molecule has 1 saturated carbocycles. The molecule has 0 spiro atoms. The maximum atomic E-state index is 10.7. The van der Waals surface area contributed by atoms with Crippen LogP contribution < -0.4 is 14.8 Å². The molecule has 0 heterocycles. The number of benzene rings is 2. The first-order chi connectivity index (χ1) is 12.6. The summed E-state index contributed by atoms with van der Waals surface area (Å²) in [6.07, 6.45) is 2.21. The van der Waals surface area contributed by atoms with Crippen molar-refractivity contribution in [2.45, 2.75) is 51.4 Å². The summed E-state index contributed by atoms with van der Waals surface area (Å²) in [5, 5.41) is 14.1. The first kappa shape index (κ1) is 18.7. The van der Waals surface area contributed by atoms with Crippen molar-refractivity contribution in [3.8, 4) is 11.5 Å². The maximum Gasteiger partial charge on any atom is 0.126 e. The summed E-state index contributed by atoms with van der Waals surface area (Å²) in [5.41, 5.74) is 2.30. The van der Waals surface area contributed by atoms with Crippen molar-refractivity contribution >= 4 is 0 Å². The van der Waals surface area contributed by atoms with Gasteiger partial charge in [-0.25, -0.2) is 0 Å². The van der Waals surface area contributed by atoms with Crippen LogP contribution in [0.25, 0.3) is 0 Å². The Labute approximate surface area is 156 Å².